The van der Waals surface area contributed by atoms with Crippen LogP contribution in [0.2, 0.25) is 0 Å². The molecule has 0 saturated heterocycles. The summed E-state index contributed by atoms with van der Waals surface area (Å²) in [6, 6.07) is 4.97. The van der Waals surface area contributed by atoms with Gasteiger partial charge in [-0.05, 0) is 18.2 Å². The third-order valence-corrected chi connectivity index (χ3v) is 2.02. The van der Waals surface area contributed by atoms with E-state index in [2.05, 4.69) is 9.97 Å². The van der Waals surface area contributed by atoms with Crippen LogP contribution in [0.5, 0.6) is 5.75 Å². The van der Waals surface area contributed by atoms with Crippen molar-refractivity contribution < 1.29 is 9.90 Å². The van der Waals surface area contributed by atoms with Gasteiger partial charge in [-0.25, -0.2) is 0 Å². The van der Waals surface area contributed by atoms with Gasteiger partial charge in [-0.3, -0.25) is 14.8 Å². The van der Waals surface area contributed by atoms with Crippen molar-refractivity contribution >= 4 is 6.29 Å². The summed E-state index contributed by atoms with van der Waals surface area (Å²) in [5.74, 6) is -0.111. The van der Waals surface area contributed by atoms with Crippen LogP contribution in [-0.2, 0) is 0 Å². The molecule has 0 aliphatic carbocycles. The predicted octanol–water partition coefficient (Wildman–Crippen LogP) is 1.66. The quantitative estimate of drug-likeness (QED) is 0.749. The Morgan fingerprint density at radius 3 is 2.80 bits per heavy atom. The van der Waals surface area contributed by atoms with Gasteiger partial charge in [-0.15, -0.1) is 0 Å². The van der Waals surface area contributed by atoms with Crippen molar-refractivity contribution in [3.05, 3.63) is 42.4 Å². The highest BCUT2D eigenvalue weighted by Crippen LogP contribution is 2.27. The number of hydrogen-bond donors (Lipinski definition) is 1. The van der Waals surface area contributed by atoms with E-state index in [1.807, 2.05) is 0 Å². The second-order valence-electron chi connectivity index (χ2n) is 2.96. The average molecular weight is 200 g/mol. The minimum Gasteiger partial charge on any atom is -0.505 e. The van der Waals surface area contributed by atoms with Gasteiger partial charge in [0.1, 0.15) is 5.69 Å². The van der Waals surface area contributed by atoms with Crippen molar-refractivity contribution in [2.24, 2.45) is 0 Å². The Balaban J connectivity index is 2.59. The van der Waals surface area contributed by atoms with Gasteiger partial charge in [0.25, 0.3) is 0 Å². The van der Waals surface area contributed by atoms with E-state index in [-0.39, 0.29) is 11.3 Å². The van der Waals surface area contributed by atoms with Gasteiger partial charge < -0.3 is 5.11 Å². The van der Waals surface area contributed by atoms with Crippen LogP contribution in [0.25, 0.3) is 11.3 Å². The molecule has 0 aliphatic heterocycles. The van der Waals surface area contributed by atoms with E-state index in [0.29, 0.717) is 17.5 Å². The van der Waals surface area contributed by atoms with Crippen molar-refractivity contribution in [2.45, 2.75) is 0 Å². The minimum absolute atomic E-state index is 0.111. The molecule has 0 bridgehead atoms. The Hall–Kier alpha value is -2.23. The summed E-state index contributed by atoms with van der Waals surface area (Å²) < 4.78 is 0. The van der Waals surface area contributed by atoms with Crippen molar-refractivity contribution in [1.82, 2.24) is 9.97 Å². The lowest BCUT2D eigenvalue weighted by atomic mass is 10.1. The Kier molecular flexibility index (Phi) is 2.41. The lowest BCUT2D eigenvalue weighted by Gasteiger charge is -2.04. The highest BCUT2D eigenvalue weighted by Gasteiger charge is 2.09. The van der Waals surface area contributed by atoms with Crippen LogP contribution in [0.1, 0.15) is 10.4 Å². The lowest BCUT2D eigenvalue weighted by molar-refractivity contribution is 0.112. The van der Waals surface area contributed by atoms with E-state index in [1.54, 1.807) is 24.5 Å². The van der Waals surface area contributed by atoms with Crippen LogP contribution in [0.3, 0.4) is 0 Å². The molecule has 2 aromatic heterocycles. The van der Waals surface area contributed by atoms with E-state index in [1.165, 1.54) is 12.3 Å². The van der Waals surface area contributed by atoms with Crippen LogP contribution in [-0.4, -0.2) is 21.4 Å². The molecule has 2 aromatic rings. The summed E-state index contributed by atoms with van der Waals surface area (Å²) in [6.07, 6.45) is 5.28. The van der Waals surface area contributed by atoms with E-state index < -0.39 is 0 Å². The number of carbonyl (C=O) groups excluding carboxylic acids is 1. The van der Waals surface area contributed by atoms with Crippen molar-refractivity contribution in [1.29, 1.82) is 0 Å². The normalized spacial score (nSPS) is 9.87. The Morgan fingerprint density at radius 1 is 1.27 bits per heavy atom. The molecule has 15 heavy (non-hydrogen) atoms. The maximum absolute atomic E-state index is 10.6. The molecule has 0 aromatic carbocycles. The van der Waals surface area contributed by atoms with Crippen LogP contribution in [0.4, 0.5) is 0 Å². The minimum atomic E-state index is -0.111. The van der Waals surface area contributed by atoms with E-state index in [9.17, 15) is 9.90 Å². The number of carbonyl (C=O) groups is 1. The summed E-state index contributed by atoms with van der Waals surface area (Å²) in [5, 5.41) is 9.72. The fourth-order valence-corrected chi connectivity index (χ4v) is 1.28. The largest absolute Gasteiger partial charge is 0.505 e. The molecule has 4 heteroatoms. The average Bonchev–Trinajstić information content (AvgIpc) is 2.30. The standard InChI is InChI=1S/C11H8N2O2/c14-7-9-3-5-13-10(11(9)15)8-2-1-4-12-6-8/h1-7,15H. The van der Waals surface area contributed by atoms with Gasteiger partial charge in [0.2, 0.25) is 0 Å². The van der Waals surface area contributed by atoms with Gasteiger partial charge in [0, 0.05) is 24.2 Å². The first-order valence-electron chi connectivity index (χ1n) is 4.36. The number of rotatable bonds is 2. The highest BCUT2D eigenvalue weighted by atomic mass is 16.3. The monoisotopic (exact) mass is 200 g/mol. The molecule has 0 aliphatic rings. The molecule has 2 rings (SSSR count). The van der Waals surface area contributed by atoms with Gasteiger partial charge in [0.15, 0.2) is 12.0 Å². The summed E-state index contributed by atoms with van der Waals surface area (Å²) in [7, 11) is 0. The predicted molar refractivity (Wildman–Crippen MR) is 54.5 cm³/mol. The topological polar surface area (TPSA) is 63.1 Å². The summed E-state index contributed by atoms with van der Waals surface area (Å²) in [5.41, 5.74) is 1.27. The number of aromatic hydroxyl groups is 1. The fraction of sp³-hybridized carbons (Fsp3) is 0. The highest BCUT2D eigenvalue weighted by molar-refractivity contribution is 5.83. The maximum atomic E-state index is 10.6. The zero-order valence-corrected chi connectivity index (χ0v) is 7.79. The Labute approximate surface area is 86.2 Å². The summed E-state index contributed by atoms with van der Waals surface area (Å²) in [6.45, 7) is 0. The zero-order valence-electron chi connectivity index (χ0n) is 7.79. The van der Waals surface area contributed by atoms with Crippen molar-refractivity contribution in [3.8, 4) is 17.0 Å². The number of aldehydes is 1. The van der Waals surface area contributed by atoms with E-state index in [4.69, 9.17) is 0 Å². The summed E-state index contributed by atoms with van der Waals surface area (Å²) in [4.78, 5) is 18.5. The van der Waals surface area contributed by atoms with Crippen LogP contribution in [0.15, 0.2) is 36.8 Å². The van der Waals surface area contributed by atoms with Gasteiger partial charge in [-0.1, -0.05) is 0 Å². The zero-order chi connectivity index (χ0) is 10.7. The molecule has 0 unspecified atom stereocenters. The van der Waals surface area contributed by atoms with Crippen molar-refractivity contribution in [2.75, 3.05) is 0 Å². The van der Waals surface area contributed by atoms with E-state index in [0.717, 1.165) is 0 Å². The van der Waals surface area contributed by atoms with Crippen LogP contribution >= 0.6 is 0 Å². The molecule has 0 fully saturated rings. The van der Waals surface area contributed by atoms with Crippen LogP contribution in [0, 0.1) is 0 Å². The van der Waals surface area contributed by atoms with Crippen LogP contribution < -0.4 is 0 Å². The first-order chi connectivity index (χ1) is 7.33. The number of pyridine rings is 2. The number of nitrogens with zero attached hydrogens (tertiary/aromatic N) is 2. The van der Waals surface area contributed by atoms with Gasteiger partial charge in [0.05, 0.1) is 5.56 Å². The van der Waals surface area contributed by atoms with Gasteiger partial charge >= 0.3 is 0 Å². The third-order valence-electron chi connectivity index (χ3n) is 2.02. The Morgan fingerprint density at radius 2 is 2.13 bits per heavy atom. The fourth-order valence-electron chi connectivity index (χ4n) is 1.28. The smallest absolute Gasteiger partial charge is 0.153 e. The second kappa shape index (κ2) is 3.88. The van der Waals surface area contributed by atoms with E-state index >= 15 is 0 Å². The molecular formula is C11H8N2O2. The molecule has 2 heterocycles. The Bertz CT molecular complexity index is 483. The molecule has 0 radical (unpaired) electrons. The third kappa shape index (κ3) is 1.69. The molecule has 74 valence electrons. The summed E-state index contributed by atoms with van der Waals surface area (Å²) >= 11 is 0. The molecule has 4 nitrogen and oxygen atoms in total. The van der Waals surface area contributed by atoms with Crippen molar-refractivity contribution in [3.63, 3.8) is 0 Å². The number of aromatic nitrogens is 2. The maximum Gasteiger partial charge on any atom is 0.153 e. The first kappa shape index (κ1) is 9.33. The number of hydrogen-bond acceptors (Lipinski definition) is 4. The second-order valence-corrected chi connectivity index (χ2v) is 2.96. The molecule has 0 amide bonds. The SMILES string of the molecule is O=Cc1ccnc(-c2cccnc2)c1O. The molecule has 1 N–H and O–H groups in total. The van der Waals surface area contributed by atoms with Gasteiger partial charge in [-0.2, -0.15) is 0 Å². The molecular weight excluding hydrogens is 192 g/mol. The lowest BCUT2D eigenvalue weighted by Crippen LogP contribution is -1.89. The molecule has 0 spiro atoms. The molecule has 0 saturated carbocycles. The molecule has 0 atom stereocenters. The first-order valence-corrected chi connectivity index (χ1v) is 4.36.